The number of fused-ring (bicyclic) bond motifs is 1. The van der Waals surface area contributed by atoms with E-state index in [1.807, 2.05) is 18.2 Å². The van der Waals surface area contributed by atoms with Crippen LogP contribution in [0.5, 0.6) is 11.5 Å². The molecule has 0 aliphatic carbocycles. The van der Waals surface area contributed by atoms with Crippen molar-refractivity contribution in [2.75, 3.05) is 6.79 Å². The average Bonchev–Trinajstić information content (AvgIpc) is 2.64. The molecule has 0 saturated heterocycles. The highest BCUT2D eigenvalue weighted by atomic mass is 16.7. The van der Waals surface area contributed by atoms with Crippen molar-refractivity contribution in [2.45, 2.75) is 6.92 Å². The highest BCUT2D eigenvalue weighted by Gasteiger charge is 2.12. The van der Waals surface area contributed by atoms with E-state index >= 15 is 0 Å². The topological polar surface area (TPSA) is 35.5 Å². The lowest BCUT2D eigenvalue weighted by atomic mass is 10.1. The number of aldehydes is 1. The third-order valence-electron chi connectivity index (χ3n) is 1.98. The lowest BCUT2D eigenvalue weighted by molar-refractivity contribution is -0.104. The van der Waals surface area contributed by atoms with Gasteiger partial charge in [0.05, 0.1) is 0 Å². The van der Waals surface area contributed by atoms with Crippen LogP contribution in [0.4, 0.5) is 0 Å². The maximum Gasteiger partial charge on any atom is 0.231 e. The first-order chi connectivity index (χ1) is 6.79. The number of carbonyl (C=O) groups is 1. The van der Waals surface area contributed by atoms with Crippen LogP contribution < -0.4 is 9.47 Å². The molecule has 1 aromatic carbocycles. The van der Waals surface area contributed by atoms with Gasteiger partial charge in [0.1, 0.15) is 6.29 Å². The van der Waals surface area contributed by atoms with Crippen molar-refractivity contribution in [3.8, 4) is 11.5 Å². The number of rotatable bonds is 2. The molecule has 1 heterocycles. The molecule has 0 saturated carbocycles. The summed E-state index contributed by atoms with van der Waals surface area (Å²) in [5.74, 6) is 1.49. The minimum absolute atomic E-state index is 0.273. The number of hydrogen-bond donors (Lipinski definition) is 0. The second-order valence-corrected chi connectivity index (χ2v) is 3.12. The zero-order valence-electron chi connectivity index (χ0n) is 7.82. The molecule has 0 fully saturated rings. The summed E-state index contributed by atoms with van der Waals surface area (Å²) in [7, 11) is 0. The molecule has 0 bridgehead atoms. The third-order valence-corrected chi connectivity index (χ3v) is 1.98. The van der Waals surface area contributed by atoms with Gasteiger partial charge in [-0.3, -0.25) is 4.79 Å². The van der Waals surface area contributed by atoms with Crippen molar-refractivity contribution >= 4 is 12.4 Å². The summed E-state index contributed by atoms with van der Waals surface area (Å²) < 4.78 is 10.4. The minimum atomic E-state index is 0.273. The monoisotopic (exact) mass is 190 g/mol. The van der Waals surface area contributed by atoms with Crippen molar-refractivity contribution in [1.29, 1.82) is 0 Å². The van der Waals surface area contributed by atoms with Crippen molar-refractivity contribution in [1.82, 2.24) is 0 Å². The Hall–Kier alpha value is -1.77. The molecule has 3 heteroatoms. The predicted molar refractivity (Wildman–Crippen MR) is 52.3 cm³/mol. The standard InChI is InChI=1S/C11H10O3/c1-8(6-12)4-9-2-3-10-11(5-9)14-7-13-10/h2-6H,7H2,1H3. The fraction of sp³-hybridized carbons (Fsp3) is 0.182. The minimum Gasteiger partial charge on any atom is -0.454 e. The van der Waals surface area contributed by atoms with E-state index in [0.717, 1.165) is 23.3 Å². The maximum atomic E-state index is 10.4. The highest BCUT2D eigenvalue weighted by molar-refractivity contribution is 5.81. The van der Waals surface area contributed by atoms with Crippen LogP contribution in [0, 0.1) is 0 Å². The van der Waals surface area contributed by atoms with Crippen LogP contribution in [0.15, 0.2) is 23.8 Å². The summed E-state index contributed by atoms with van der Waals surface area (Å²) in [4.78, 5) is 10.4. The summed E-state index contributed by atoms with van der Waals surface area (Å²) in [5, 5.41) is 0. The molecule has 2 rings (SSSR count). The van der Waals surface area contributed by atoms with E-state index in [0.29, 0.717) is 5.57 Å². The Kier molecular flexibility index (Phi) is 2.23. The van der Waals surface area contributed by atoms with Crippen LogP contribution >= 0.6 is 0 Å². The Morgan fingerprint density at radius 1 is 1.36 bits per heavy atom. The summed E-state index contributed by atoms with van der Waals surface area (Å²) in [6.45, 7) is 2.03. The Labute approximate surface area is 81.9 Å². The summed E-state index contributed by atoms with van der Waals surface area (Å²) in [5.41, 5.74) is 1.63. The Morgan fingerprint density at radius 3 is 2.93 bits per heavy atom. The van der Waals surface area contributed by atoms with E-state index < -0.39 is 0 Å². The number of carbonyl (C=O) groups excluding carboxylic acids is 1. The Bertz CT molecular complexity index is 394. The second-order valence-electron chi connectivity index (χ2n) is 3.12. The zero-order valence-corrected chi connectivity index (χ0v) is 7.82. The molecule has 0 aromatic heterocycles. The van der Waals surface area contributed by atoms with Gasteiger partial charge in [-0.2, -0.15) is 0 Å². The van der Waals surface area contributed by atoms with Crippen LogP contribution in [0.25, 0.3) is 6.08 Å². The number of allylic oxidation sites excluding steroid dienone is 1. The van der Waals surface area contributed by atoms with Gasteiger partial charge in [0, 0.05) is 0 Å². The number of ether oxygens (including phenoxy) is 2. The highest BCUT2D eigenvalue weighted by Crippen LogP contribution is 2.32. The first-order valence-electron chi connectivity index (χ1n) is 4.33. The molecule has 1 aliphatic rings. The van der Waals surface area contributed by atoms with Crippen molar-refractivity contribution in [2.24, 2.45) is 0 Å². The van der Waals surface area contributed by atoms with E-state index in [4.69, 9.17) is 9.47 Å². The van der Waals surface area contributed by atoms with Crippen molar-refractivity contribution in [3.63, 3.8) is 0 Å². The quantitative estimate of drug-likeness (QED) is 0.528. The normalized spacial score (nSPS) is 14.2. The van der Waals surface area contributed by atoms with Gasteiger partial charge in [0.15, 0.2) is 11.5 Å². The van der Waals surface area contributed by atoms with Crippen molar-refractivity contribution < 1.29 is 14.3 Å². The van der Waals surface area contributed by atoms with Gasteiger partial charge in [0.25, 0.3) is 0 Å². The Balaban J connectivity index is 2.33. The van der Waals surface area contributed by atoms with Crippen LogP contribution in [-0.4, -0.2) is 13.1 Å². The van der Waals surface area contributed by atoms with E-state index in [1.165, 1.54) is 0 Å². The van der Waals surface area contributed by atoms with Crippen LogP contribution in [-0.2, 0) is 4.79 Å². The molecular formula is C11H10O3. The maximum absolute atomic E-state index is 10.4. The lowest BCUT2D eigenvalue weighted by Gasteiger charge is -1.97. The van der Waals surface area contributed by atoms with Gasteiger partial charge in [0.2, 0.25) is 6.79 Å². The zero-order chi connectivity index (χ0) is 9.97. The molecule has 0 unspecified atom stereocenters. The average molecular weight is 190 g/mol. The van der Waals surface area contributed by atoms with Crippen molar-refractivity contribution in [3.05, 3.63) is 29.3 Å². The molecule has 0 N–H and O–H groups in total. The molecule has 0 atom stereocenters. The third kappa shape index (κ3) is 1.62. The number of hydrogen-bond acceptors (Lipinski definition) is 3. The summed E-state index contributed by atoms with van der Waals surface area (Å²) in [6.07, 6.45) is 2.62. The molecule has 1 aromatic rings. The van der Waals surface area contributed by atoms with Gasteiger partial charge < -0.3 is 9.47 Å². The largest absolute Gasteiger partial charge is 0.454 e. The molecule has 72 valence electrons. The van der Waals surface area contributed by atoms with Gasteiger partial charge in [-0.15, -0.1) is 0 Å². The Morgan fingerprint density at radius 2 is 2.14 bits per heavy atom. The predicted octanol–water partition coefficient (Wildman–Crippen LogP) is 2.02. The van der Waals surface area contributed by atoms with Gasteiger partial charge in [-0.25, -0.2) is 0 Å². The van der Waals surface area contributed by atoms with Crippen LogP contribution in [0.3, 0.4) is 0 Å². The second kappa shape index (κ2) is 3.54. The van der Waals surface area contributed by atoms with E-state index in [9.17, 15) is 4.79 Å². The van der Waals surface area contributed by atoms with Crippen LogP contribution in [0.2, 0.25) is 0 Å². The van der Waals surface area contributed by atoms with E-state index in [1.54, 1.807) is 13.0 Å². The summed E-state index contributed by atoms with van der Waals surface area (Å²) >= 11 is 0. The fourth-order valence-electron chi connectivity index (χ4n) is 1.30. The molecule has 0 amide bonds. The molecule has 1 aliphatic heterocycles. The lowest BCUT2D eigenvalue weighted by Crippen LogP contribution is -1.92. The first-order valence-corrected chi connectivity index (χ1v) is 4.33. The van der Waals surface area contributed by atoms with Gasteiger partial charge in [-0.05, 0) is 36.3 Å². The molecule has 3 nitrogen and oxygen atoms in total. The summed E-state index contributed by atoms with van der Waals surface area (Å²) in [6, 6.07) is 5.59. The smallest absolute Gasteiger partial charge is 0.231 e. The van der Waals surface area contributed by atoms with Gasteiger partial charge >= 0.3 is 0 Å². The SMILES string of the molecule is CC(C=O)=Cc1ccc2c(c1)OCO2. The van der Waals surface area contributed by atoms with E-state index in [2.05, 4.69) is 0 Å². The molecule has 0 spiro atoms. The molecule has 14 heavy (non-hydrogen) atoms. The van der Waals surface area contributed by atoms with Crippen LogP contribution in [0.1, 0.15) is 12.5 Å². The molecular weight excluding hydrogens is 180 g/mol. The fourth-order valence-corrected chi connectivity index (χ4v) is 1.30. The van der Waals surface area contributed by atoms with E-state index in [-0.39, 0.29) is 6.79 Å². The first kappa shape index (κ1) is 8.81. The number of benzene rings is 1. The molecule has 0 radical (unpaired) electrons. The van der Waals surface area contributed by atoms with Gasteiger partial charge in [-0.1, -0.05) is 6.07 Å².